The van der Waals surface area contributed by atoms with Crippen LogP contribution < -0.4 is 10.1 Å². The number of anilines is 1. The van der Waals surface area contributed by atoms with Crippen LogP contribution in [0.25, 0.3) is 0 Å². The summed E-state index contributed by atoms with van der Waals surface area (Å²) in [5.41, 5.74) is 1.04. The number of Topliss-reactive ketones (excluding diaryl/α,β-unsaturated/α-hetero) is 1. The lowest BCUT2D eigenvalue weighted by Gasteiger charge is -2.15. The molecule has 2 rings (SSSR count). The number of amides is 1. The van der Waals surface area contributed by atoms with Crippen molar-refractivity contribution in [2.24, 2.45) is 0 Å². The molecule has 0 spiro atoms. The van der Waals surface area contributed by atoms with Crippen LogP contribution in [0.5, 0.6) is 5.75 Å². The Labute approximate surface area is 132 Å². The van der Waals surface area contributed by atoms with Crippen LogP contribution >= 0.6 is 0 Å². The molecule has 0 fully saturated rings. The summed E-state index contributed by atoms with van der Waals surface area (Å²) in [6, 6.07) is 9.43. The van der Waals surface area contributed by atoms with Gasteiger partial charge < -0.3 is 10.1 Å². The van der Waals surface area contributed by atoms with E-state index in [1.165, 1.54) is 19.9 Å². The zero-order valence-corrected chi connectivity index (χ0v) is 12.6. The summed E-state index contributed by atoms with van der Waals surface area (Å²) in [5.74, 6) is -2.50. The SMILES string of the molecule is CC(=O)c1ccc(NC(=O)C(C)Oc2ccc(F)c(F)c2)cc1. The lowest BCUT2D eigenvalue weighted by molar-refractivity contribution is -0.122. The van der Waals surface area contributed by atoms with Crippen molar-refractivity contribution in [1.29, 1.82) is 0 Å². The average Bonchev–Trinajstić information content (AvgIpc) is 2.51. The molecule has 1 amide bonds. The van der Waals surface area contributed by atoms with E-state index in [2.05, 4.69) is 5.32 Å². The molecule has 1 N–H and O–H groups in total. The number of ketones is 1. The largest absolute Gasteiger partial charge is 0.481 e. The maximum Gasteiger partial charge on any atom is 0.265 e. The van der Waals surface area contributed by atoms with Gasteiger partial charge >= 0.3 is 0 Å². The Bertz CT molecular complexity index is 729. The van der Waals surface area contributed by atoms with Crippen molar-refractivity contribution in [3.8, 4) is 5.75 Å². The fraction of sp³-hybridized carbons (Fsp3) is 0.176. The zero-order chi connectivity index (χ0) is 17.0. The predicted octanol–water partition coefficient (Wildman–Crippen LogP) is 3.57. The number of benzene rings is 2. The van der Waals surface area contributed by atoms with Crippen LogP contribution in [0.15, 0.2) is 42.5 Å². The standard InChI is InChI=1S/C17H15F2NO3/c1-10(21)12-3-5-13(6-4-12)20-17(22)11(2)23-14-7-8-15(18)16(19)9-14/h3-9,11H,1-2H3,(H,20,22). The Kier molecular flexibility index (Phi) is 5.05. The minimum absolute atomic E-state index is 0.0541. The molecular weight excluding hydrogens is 304 g/mol. The first kappa shape index (κ1) is 16.6. The smallest absolute Gasteiger partial charge is 0.265 e. The first-order valence-corrected chi connectivity index (χ1v) is 6.90. The van der Waals surface area contributed by atoms with Crippen LogP contribution in [0.3, 0.4) is 0 Å². The molecule has 6 heteroatoms. The van der Waals surface area contributed by atoms with Crippen molar-refractivity contribution in [1.82, 2.24) is 0 Å². The summed E-state index contributed by atoms with van der Waals surface area (Å²) in [7, 11) is 0. The van der Waals surface area contributed by atoms with E-state index in [-0.39, 0.29) is 11.5 Å². The minimum Gasteiger partial charge on any atom is -0.481 e. The molecule has 0 aliphatic rings. The van der Waals surface area contributed by atoms with Gasteiger partial charge in [0, 0.05) is 17.3 Å². The molecule has 0 saturated carbocycles. The number of hydrogen-bond donors (Lipinski definition) is 1. The van der Waals surface area contributed by atoms with E-state index < -0.39 is 23.6 Å². The number of carbonyl (C=O) groups is 2. The van der Waals surface area contributed by atoms with E-state index in [1.54, 1.807) is 24.3 Å². The van der Waals surface area contributed by atoms with E-state index in [1.807, 2.05) is 0 Å². The first-order chi connectivity index (χ1) is 10.9. The lowest BCUT2D eigenvalue weighted by Crippen LogP contribution is -2.30. The van der Waals surface area contributed by atoms with E-state index in [0.29, 0.717) is 11.3 Å². The quantitative estimate of drug-likeness (QED) is 0.857. The number of halogens is 2. The Balaban J connectivity index is 1.99. The van der Waals surface area contributed by atoms with Crippen molar-refractivity contribution >= 4 is 17.4 Å². The Morgan fingerprint density at radius 1 is 1.04 bits per heavy atom. The summed E-state index contributed by atoms with van der Waals surface area (Å²) >= 11 is 0. The molecule has 0 heterocycles. The van der Waals surface area contributed by atoms with Gasteiger partial charge in [-0.25, -0.2) is 8.78 Å². The topological polar surface area (TPSA) is 55.4 Å². The Morgan fingerprint density at radius 2 is 1.70 bits per heavy atom. The molecule has 1 atom stereocenters. The molecule has 4 nitrogen and oxygen atoms in total. The summed E-state index contributed by atoms with van der Waals surface area (Å²) < 4.78 is 31.2. The van der Waals surface area contributed by atoms with Gasteiger partial charge in [-0.3, -0.25) is 9.59 Å². The third-order valence-electron chi connectivity index (χ3n) is 3.13. The summed E-state index contributed by atoms with van der Waals surface area (Å²) in [6.45, 7) is 2.94. The molecule has 23 heavy (non-hydrogen) atoms. The fourth-order valence-corrected chi connectivity index (χ4v) is 1.84. The number of rotatable bonds is 5. The highest BCUT2D eigenvalue weighted by Crippen LogP contribution is 2.17. The molecule has 0 bridgehead atoms. The molecule has 1 unspecified atom stereocenters. The molecular formula is C17H15F2NO3. The molecule has 0 aliphatic heterocycles. The fourth-order valence-electron chi connectivity index (χ4n) is 1.84. The van der Waals surface area contributed by atoms with Gasteiger partial charge in [0.15, 0.2) is 23.5 Å². The highest BCUT2D eigenvalue weighted by Gasteiger charge is 2.16. The predicted molar refractivity (Wildman–Crippen MR) is 81.5 cm³/mol. The number of ether oxygens (including phenoxy) is 1. The highest BCUT2D eigenvalue weighted by atomic mass is 19.2. The summed E-state index contributed by atoms with van der Waals surface area (Å²) in [6.07, 6.45) is -0.910. The van der Waals surface area contributed by atoms with Crippen molar-refractivity contribution in [3.05, 3.63) is 59.7 Å². The van der Waals surface area contributed by atoms with E-state index in [4.69, 9.17) is 4.74 Å². The van der Waals surface area contributed by atoms with Crippen LogP contribution in [0.1, 0.15) is 24.2 Å². The Morgan fingerprint density at radius 3 is 2.26 bits per heavy atom. The van der Waals surface area contributed by atoms with Crippen molar-refractivity contribution in [2.75, 3.05) is 5.32 Å². The maximum atomic E-state index is 13.1. The molecule has 0 aromatic heterocycles. The molecule has 2 aromatic rings. The third kappa shape index (κ3) is 4.35. The summed E-state index contributed by atoms with van der Waals surface area (Å²) in [4.78, 5) is 23.2. The van der Waals surface area contributed by atoms with Crippen LogP contribution in [-0.4, -0.2) is 17.8 Å². The van der Waals surface area contributed by atoms with Crippen molar-refractivity contribution in [3.63, 3.8) is 0 Å². The van der Waals surface area contributed by atoms with E-state index in [0.717, 1.165) is 12.1 Å². The second-order valence-corrected chi connectivity index (χ2v) is 4.96. The van der Waals surface area contributed by atoms with E-state index in [9.17, 15) is 18.4 Å². The number of nitrogens with one attached hydrogen (secondary N) is 1. The minimum atomic E-state index is -1.05. The molecule has 0 aliphatic carbocycles. The Hall–Kier alpha value is -2.76. The normalized spacial score (nSPS) is 11.7. The molecule has 2 aromatic carbocycles. The zero-order valence-electron chi connectivity index (χ0n) is 12.6. The van der Waals surface area contributed by atoms with Crippen LogP contribution in [0.4, 0.5) is 14.5 Å². The van der Waals surface area contributed by atoms with Gasteiger partial charge in [-0.1, -0.05) is 0 Å². The third-order valence-corrected chi connectivity index (χ3v) is 3.13. The van der Waals surface area contributed by atoms with Gasteiger partial charge in [0.2, 0.25) is 0 Å². The molecule has 0 saturated heterocycles. The van der Waals surface area contributed by atoms with Crippen LogP contribution in [0.2, 0.25) is 0 Å². The molecule has 120 valence electrons. The monoisotopic (exact) mass is 319 g/mol. The summed E-state index contributed by atoms with van der Waals surface area (Å²) in [5, 5.41) is 2.61. The van der Waals surface area contributed by atoms with Gasteiger partial charge in [0.25, 0.3) is 5.91 Å². The van der Waals surface area contributed by atoms with Gasteiger partial charge in [-0.15, -0.1) is 0 Å². The number of hydrogen-bond acceptors (Lipinski definition) is 3. The second-order valence-electron chi connectivity index (χ2n) is 4.96. The van der Waals surface area contributed by atoms with Crippen LogP contribution in [-0.2, 0) is 4.79 Å². The lowest BCUT2D eigenvalue weighted by atomic mass is 10.1. The highest BCUT2D eigenvalue weighted by molar-refractivity contribution is 5.96. The van der Waals surface area contributed by atoms with Crippen LogP contribution in [0, 0.1) is 11.6 Å². The van der Waals surface area contributed by atoms with Gasteiger partial charge in [-0.05, 0) is 50.2 Å². The van der Waals surface area contributed by atoms with Crippen molar-refractivity contribution in [2.45, 2.75) is 20.0 Å². The molecule has 0 radical (unpaired) electrons. The number of carbonyl (C=O) groups excluding carboxylic acids is 2. The van der Waals surface area contributed by atoms with Gasteiger partial charge in [0.05, 0.1) is 0 Å². The van der Waals surface area contributed by atoms with Gasteiger partial charge in [0.1, 0.15) is 5.75 Å². The second kappa shape index (κ2) is 7.00. The maximum absolute atomic E-state index is 13.1. The van der Waals surface area contributed by atoms with E-state index >= 15 is 0 Å². The van der Waals surface area contributed by atoms with Gasteiger partial charge in [-0.2, -0.15) is 0 Å². The van der Waals surface area contributed by atoms with Crippen molar-refractivity contribution < 1.29 is 23.1 Å². The first-order valence-electron chi connectivity index (χ1n) is 6.90. The average molecular weight is 319 g/mol.